The maximum absolute atomic E-state index is 12.2. The summed E-state index contributed by atoms with van der Waals surface area (Å²) in [6, 6.07) is 12.3. The van der Waals surface area contributed by atoms with Crippen molar-refractivity contribution < 1.29 is 18.3 Å². The standard InChI is InChI=1S/C15H14ClNO4S/c16-12-4-6-13(7-5-12)17-22(20,21)14-8-1-11(2-9-14)3-10-15(18)19/h1-2,4-9,17H,3,10H2,(H,18,19)/p-1. The van der Waals surface area contributed by atoms with Crippen LogP contribution in [0.2, 0.25) is 5.02 Å². The van der Waals surface area contributed by atoms with E-state index in [2.05, 4.69) is 4.72 Å². The van der Waals surface area contributed by atoms with E-state index in [1.807, 2.05) is 0 Å². The smallest absolute Gasteiger partial charge is 0.261 e. The summed E-state index contributed by atoms with van der Waals surface area (Å²) >= 11 is 5.75. The molecule has 22 heavy (non-hydrogen) atoms. The highest BCUT2D eigenvalue weighted by Crippen LogP contribution is 2.19. The predicted molar refractivity (Wildman–Crippen MR) is 82.0 cm³/mol. The predicted octanol–water partition coefficient (Wildman–Crippen LogP) is 1.82. The van der Waals surface area contributed by atoms with Crippen molar-refractivity contribution in [2.45, 2.75) is 17.7 Å². The molecule has 0 unspecified atom stereocenters. The number of nitrogens with one attached hydrogen (secondary N) is 1. The van der Waals surface area contributed by atoms with E-state index >= 15 is 0 Å². The molecule has 0 amide bonds. The van der Waals surface area contributed by atoms with Crippen LogP contribution in [0.4, 0.5) is 5.69 Å². The summed E-state index contributed by atoms with van der Waals surface area (Å²) in [5.41, 5.74) is 1.14. The van der Waals surface area contributed by atoms with Gasteiger partial charge in [-0.05, 0) is 54.8 Å². The van der Waals surface area contributed by atoms with Crippen molar-refractivity contribution in [3.8, 4) is 0 Å². The van der Waals surface area contributed by atoms with E-state index in [0.29, 0.717) is 17.1 Å². The molecule has 0 atom stereocenters. The van der Waals surface area contributed by atoms with E-state index in [4.69, 9.17) is 11.6 Å². The molecule has 0 fully saturated rings. The maximum atomic E-state index is 12.2. The summed E-state index contributed by atoms with van der Waals surface area (Å²) in [5.74, 6) is -1.14. The normalized spacial score (nSPS) is 11.1. The second-order valence-electron chi connectivity index (χ2n) is 4.63. The molecule has 2 aromatic carbocycles. The summed E-state index contributed by atoms with van der Waals surface area (Å²) in [7, 11) is -3.70. The largest absolute Gasteiger partial charge is 0.550 e. The highest BCUT2D eigenvalue weighted by molar-refractivity contribution is 7.92. The number of carboxylic acid groups (broad SMARTS) is 1. The molecule has 0 aromatic heterocycles. The Kier molecular flexibility index (Phi) is 5.05. The quantitative estimate of drug-likeness (QED) is 0.870. The van der Waals surface area contributed by atoms with Gasteiger partial charge in [-0.1, -0.05) is 23.7 Å². The number of anilines is 1. The number of sulfonamides is 1. The van der Waals surface area contributed by atoms with Crippen LogP contribution in [0, 0.1) is 0 Å². The fraction of sp³-hybridized carbons (Fsp3) is 0.133. The first-order valence-corrected chi connectivity index (χ1v) is 8.30. The number of aryl methyl sites for hydroxylation is 1. The first-order valence-electron chi connectivity index (χ1n) is 6.44. The van der Waals surface area contributed by atoms with Gasteiger partial charge in [0.25, 0.3) is 10.0 Å². The summed E-state index contributed by atoms with van der Waals surface area (Å²) < 4.78 is 26.9. The third-order valence-electron chi connectivity index (χ3n) is 2.95. The van der Waals surface area contributed by atoms with Crippen molar-refractivity contribution in [3.63, 3.8) is 0 Å². The molecule has 0 saturated carbocycles. The molecule has 116 valence electrons. The van der Waals surface area contributed by atoms with Gasteiger partial charge in [0.2, 0.25) is 0 Å². The average molecular weight is 339 g/mol. The second-order valence-corrected chi connectivity index (χ2v) is 6.75. The van der Waals surface area contributed by atoms with Gasteiger partial charge in [-0.25, -0.2) is 8.42 Å². The average Bonchev–Trinajstić information content (AvgIpc) is 2.48. The monoisotopic (exact) mass is 338 g/mol. The first kappa shape index (κ1) is 16.3. The molecule has 5 nitrogen and oxygen atoms in total. The van der Waals surface area contributed by atoms with Crippen molar-refractivity contribution in [1.29, 1.82) is 0 Å². The number of rotatable bonds is 6. The molecular weight excluding hydrogens is 326 g/mol. The molecule has 0 saturated heterocycles. The lowest BCUT2D eigenvalue weighted by molar-refractivity contribution is -0.305. The Morgan fingerprint density at radius 1 is 1.05 bits per heavy atom. The minimum atomic E-state index is -3.70. The highest BCUT2D eigenvalue weighted by atomic mass is 35.5. The van der Waals surface area contributed by atoms with E-state index in [1.54, 1.807) is 36.4 Å². The number of carboxylic acids is 1. The van der Waals surface area contributed by atoms with Crippen molar-refractivity contribution in [2.75, 3.05) is 4.72 Å². The van der Waals surface area contributed by atoms with Gasteiger partial charge in [-0.2, -0.15) is 0 Å². The fourth-order valence-corrected chi connectivity index (χ4v) is 3.00. The number of hydrogen-bond acceptors (Lipinski definition) is 4. The Balaban J connectivity index is 2.12. The van der Waals surface area contributed by atoms with Crippen molar-refractivity contribution >= 4 is 33.3 Å². The number of halogens is 1. The zero-order valence-corrected chi connectivity index (χ0v) is 13.0. The van der Waals surface area contributed by atoms with Gasteiger partial charge in [-0.3, -0.25) is 4.72 Å². The molecule has 0 aliphatic rings. The molecule has 0 bridgehead atoms. The van der Waals surface area contributed by atoms with Crippen molar-refractivity contribution in [2.24, 2.45) is 0 Å². The number of aliphatic carboxylic acids is 1. The van der Waals surface area contributed by atoms with Crippen LogP contribution in [-0.2, 0) is 21.2 Å². The molecule has 2 aromatic rings. The SMILES string of the molecule is O=C([O-])CCc1ccc(S(=O)(=O)Nc2ccc(Cl)cc2)cc1. The topological polar surface area (TPSA) is 86.3 Å². The van der Waals surface area contributed by atoms with Crippen LogP contribution in [0.25, 0.3) is 0 Å². The minimum absolute atomic E-state index is 0.0969. The number of carbonyl (C=O) groups excluding carboxylic acids is 1. The Bertz CT molecular complexity index is 755. The van der Waals surface area contributed by atoms with Crippen LogP contribution in [0.3, 0.4) is 0 Å². The van der Waals surface area contributed by atoms with Crippen LogP contribution in [0.5, 0.6) is 0 Å². The summed E-state index contributed by atoms with van der Waals surface area (Å²) in [6.07, 6.45) is 0.197. The van der Waals surface area contributed by atoms with Gasteiger partial charge in [0.15, 0.2) is 0 Å². The second kappa shape index (κ2) is 6.81. The van der Waals surface area contributed by atoms with Crippen molar-refractivity contribution in [3.05, 3.63) is 59.1 Å². The Morgan fingerprint density at radius 3 is 2.18 bits per heavy atom. The van der Waals surface area contributed by atoms with E-state index in [0.717, 1.165) is 5.56 Å². The lowest BCUT2D eigenvalue weighted by Gasteiger charge is -2.09. The molecule has 1 N–H and O–H groups in total. The molecule has 0 spiro atoms. The molecule has 7 heteroatoms. The van der Waals surface area contributed by atoms with E-state index in [1.165, 1.54) is 12.1 Å². The molecular formula is C15H13ClNO4S-. The van der Waals surface area contributed by atoms with E-state index in [-0.39, 0.29) is 11.3 Å². The first-order chi connectivity index (χ1) is 10.4. The van der Waals surface area contributed by atoms with Gasteiger partial charge >= 0.3 is 0 Å². The third kappa shape index (κ3) is 4.47. The van der Waals surface area contributed by atoms with Gasteiger partial charge in [-0.15, -0.1) is 0 Å². The summed E-state index contributed by atoms with van der Waals surface area (Å²) in [5, 5.41) is 10.9. The molecule has 0 aliphatic heterocycles. The number of carbonyl (C=O) groups is 1. The van der Waals surface area contributed by atoms with Crippen LogP contribution in [0.15, 0.2) is 53.4 Å². The molecule has 0 heterocycles. The molecule has 2 rings (SSSR count). The van der Waals surface area contributed by atoms with Crippen LogP contribution < -0.4 is 9.83 Å². The zero-order valence-electron chi connectivity index (χ0n) is 11.5. The van der Waals surface area contributed by atoms with E-state index < -0.39 is 16.0 Å². The Morgan fingerprint density at radius 2 is 1.64 bits per heavy atom. The van der Waals surface area contributed by atoms with Crippen LogP contribution in [0.1, 0.15) is 12.0 Å². The molecule has 0 aliphatic carbocycles. The lowest BCUT2D eigenvalue weighted by Crippen LogP contribution is -2.22. The van der Waals surface area contributed by atoms with Crippen molar-refractivity contribution in [1.82, 2.24) is 0 Å². The lowest BCUT2D eigenvalue weighted by atomic mass is 10.1. The van der Waals surface area contributed by atoms with Gasteiger partial charge in [0, 0.05) is 16.7 Å². The molecule has 0 radical (unpaired) electrons. The summed E-state index contributed by atoms with van der Waals surface area (Å²) in [4.78, 5) is 10.5. The van der Waals surface area contributed by atoms with Gasteiger partial charge in [0.05, 0.1) is 4.90 Å². The highest BCUT2D eigenvalue weighted by Gasteiger charge is 2.13. The maximum Gasteiger partial charge on any atom is 0.261 e. The fourth-order valence-electron chi connectivity index (χ4n) is 1.81. The van der Waals surface area contributed by atoms with E-state index in [9.17, 15) is 18.3 Å². The van der Waals surface area contributed by atoms with Crippen LogP contribution >= 0.6 is 11.6 Å². The van der Waals surface area contributed by atoms with Gasteiger partial charge in [0.1, 0.15) is 0 Å². The Labute approximate surface area is 133 Å². The Hall–Kier alpha value is -2.05. The third-order valence-corrected chi connectivity index (χ3v) is 4.60. The van der Waals surface area contributed by atoms with Gasteiger partial charge < -0.3 is 9.90 Å². The number of benzene rings is 2. The summed E-state index contributed by atoms with van der Waals surface area (Å²) in [6.45, 7) is 0. The zero-order chi connectivity index (χ0) is 16.2. The van der Waals surface area contributed by atoms with Crippen LogP contribution in [-0.4, -0.2) is 14.4 Å². The number of hydrogen-bond donors (Lipinski definition) is 1. The minimum Gasteiger partial charge on any atom is -0.550 e.